The van der Waals surface area contributed by atoms with Crippen molar-refractivity contribution in [2.45, 2.75) is 125 Å². The molecule has 3 aliphatic heterocycles. The highest BCUT2D eigenvalue weighted by Gasteiger charge is 2.46. The number of aromatic amines is 1. The van der Waals surface area contributed by atoms with Crippen LogP contribution in [0, 0.1) is 11.8 Å². The smallest absolute Gasteiger partial charge is 0.326 e. The van der Waals surface area contributed by atoms with Gasteiger partial charge in [-0.25, -0.2) is 14.8 Å². The zero-order valence-electron chi connectivity index (χ0n) is 63.7. The molecule has 614 valence electrons. The van der Waals surface area contributed by atoms with Crippen molar-refractivity contribution < 1.29 is 92.7 Å². The molecule has 12 atom stereocenters. The molecule has 117 heavy (non-hydrogen) atoms. The molecule has 2 bridgehead atoms. The number of nitrogens with two attached hydrogens (primary N) is 3. The van der Waals surface area contributed by atoms with E-state index in [-0.39, 0.29) is 57.4 Å². The number of amides is 10. The fourth-order valence-electron chi connectivity index (χ4n) is 14.2. The third kappa shape index (κ3) is 20.0. The van der Waals surface area contributed by atoms with Crippen LogP contribution in [-0.4, -0.2) is 230 Å². The molecule has 6 heterocycles. The molecule has 3 unspecified atom stereocenters. The van der Waals surface area contributed by atoms with E-state index >= 15 is 0 Å². The molecule has 3 aliphatic rings. The Bertz CT molecular complexity index is 5470. The molecule has 10 amide bonds. The molecule has 10 aromatic rings. The van der Waals surface area contributed by atoms with Gasteiger partial charge in [-0.05, 0) is 97.9 Å². The average Bonchev–Trinajstić information content (AvgIpc) is 1.66. The molecule has 7 aromatic carbocycles. The number of benzene rings is 7. The summed E-state index contributed by atoms with van der Waals surface area (Å²) >= 11 is -2.38. The number of carboxylic acid groups (broad SMARTS) is 2. The maximum Gasteiger partial charge on any atom is 0.326 e. The third-order valence-corrected chi connectivity index (χ3v) is 22.1. The highest BCUT2D eigenvalue weighted by molar-refractivity contribution is 7.91. The van der Waals surface area contributed by atoms with E-state index in [1.54, 1.807) is 32.2 Å². The Balaban J connectivity index is 0.000000206. The Hall–Kier alpha value is -13.2. The number of hydrogen-bond acceptors (Lipinski definition) is 24. The number of fused-ring (bicyclic) bond motifs is 8. The summed E-state index contributed by atoms with van der Waals surface area (Å²) in [6.45, 7) is 2.12. The van der Waals surface area contributed by atoms with Crippen molar-refractivity contribution in [1.82, 2.24) is 72.4 Å². The topological polar surface area (TPSA) is 597 Å². The van der Waals surface area contributed by atoms with Gasteiger partial charge in [0.05, 0.1) is 62.3 Å². The molecule has 1 fully saturated rings. The van der Waals surface area contributed by atoms with Crippen molar-refractivity contribution in [3.05, 3.63) is 138 Å². The first-order valence-corrected chi connectivity index (χ1v) is 38.6. The second-order valence-corrected chi connectivity index (χ2v) is 30.2. The van der Waals surface area contributed by atoms with Crippen LogP contribution in [-0.2, 0) is 76.9 Å². The van der Waals surface area contributed by atoms with Gasteiger partial charge in [0, 0.05) is 78.2 Å². The minimum Gasteiger partial charge on any atom is -0.610 e. The zero-order valence-corrected chi connectivity index (χ0v) is 64.5. The fraction of sp³-hybridized carbons (Fsp3) is 0.342. The number of aliphatic hydroxyl groups is 3. The van der Waals surface area contributed by atoms with E-state index < -0.39 is 200 Å². The second kappa shape index (κ2) is 37.0. The number of carbonyl (C=O) groups excluding carboxylic acids is 10. The van der Waals surface area contributed by atoms with Crippen molar-refractivity contribution in [2.24, 2.45) is 17.6 Å². The van der Waals surface area contributed by atoms with E-state index in [1.165, 1.54) is 80.3 Å². The normalized spacial score (nSPS) is 20.9. The number of carboxylic acids is 2. The number of nitrogens with zero attached hydrogens (tertiary/aromatic N) is 6. The van der Waals surface area contributed by atoms with Crippen molar-refractivity contribution in [3.63, 3.8) is 0 Å². The number of nitrogen functional groups attached to an aromatic ring is 2. The number of phenolic OH excluding ortho intramolecular Hbond substituents is 1. The maximum absolute atomic E-state index is 14.6. The molecule has 3 aromatic heterocycles. The van der Waals surface area contributed by atoms with Crippen LogP contribution in [0.15, 0.2) is 126 Å². The van der Waals surface area contributed by atoms with Gasteiger partial charge in [0.2, 0.25) is 64.1 Å². The quantitative estimate of drug-likeness (QED) is 0.0346. The van der Waals surface area contributed by atoms with Crippen molar-refractivity contribution in [2.75, 3.05) is 55.4 Å². The molecule has 37 nitrogen and oxygen atoms in total. The number of rotatable bonds is 16. The first kappa shape index (κ1) is 84.7. The highest BCUT2D eigenvalue weighted by Crippen LogP contribution is 2.39. The average molecular weight is 1630 g/mol. The van der Waals surface area contributed by atoms with E-state index in [0.717, 1.165) is 10.6 Å². The Labute approximate surface area is 669 Å². The van der Waals surface area contributed by atoms with Gasteiger partial charge in [0.25, 0.3) is 5.91 Å². The van der Waals surface area contributed by atoms with Crippen molar-refractivity contribution >= 4 is 165 Å². The monoisotopic (exact) mass is 1620 g/mol. The number of aromatic hydroxyl groups is 1. The van der Waals surface area contributed by atoms with Crippen LogP contribution < -0.4 is 64.6 Å². The van der Waals surface area contributed by atoms with Gasteiger partial charge in [0.15, 0.2) is 23.0 Å². The van der Waals surface area contributed by atoms with Gasteiger partial charge >= 0.3 is 11.9 Å². The summed E-state index contributed by atoms with van der Waals surface area (Å²) < 4.78 is 14.6. The van der Waals surface area contributed by atoms with Crippen LogP contribution in [0.4, 0.5) is 17.5 Å². The Morgan fingerprint density at radius 2 is 1.40 bits per heavy atom. The largest absolute Gasteiger partial charge is 0.610 e. The molecule has 21 N–H and O–H groups in total. The van der Waals surface area contributed by atoms with Gasteiger partial charge in [-0.1, -0.05) is 93.9 Å². The summed E-state index contributed by atoms with van der Waals surface area (Å²) in [4.78, 5) is 180. The summed E-state index contributed by atoms with van der Waals surface area (Å²) in [6, 6.07) is 25.7. The number of hydrogen-bond donors (Lipinski definition) is 18. The molecular formula is C79H88N18O19S. The van der Waals surface area contributed by atoms with Crippen LogP contribution in [0.1, 0.15) is 74.5 Å². The molecule has 0 aliphatic carbocycles. The lowest BCUT2D eigenvalue weighted by Crippen LogP contribution is -2.62. The number of primary amides is 1. The Morgan fingerprint density at radius 3 is 2.09 bits per heavy atom. The number of carbonyl (C=O) groups is 12. The summed E-state index contributed by atoms with van der Waals surface area (Å²) in [5.41, 5.74) is 19.4. The maximum atomic E-state index is 14.6. The first-order chi connectivity index (χ1) is 55.8. The van der Waals surface area contributed by atoms with Gasteiger partial charge in [0.1, 0.15) is 47.8 Å². The molecule has 38 heteroatoms. The number of nitrogens with one attached hydrogen (secondary N) is 9. The van der Waals surface area contributed by atoms with E-state index in [4.69, 9.17) is 22.3 Å². The highest BCUT2D eigenvalue weighted by atomic mass is 32.2. The standard InChI is InChI=1S/C39H54N10O14S.C20H22N8O5.C20H12/c1-4-16(2)31-36(60)42-11-29(55)43-25-15-64(63)38-21(20-6-5-18(51)7-22(20)46-38)9-23(33(57)41-12-30(56)47-31)44-37(61)32(17(3)27(53)14-50)48-35(59)26-8-19(52)13-49(26)39(62)24(10-28(40)54)45-34(25)58;1-28(9-11-8-23-17-15(24-11)16(21)26-20(22)27-17)12-4-2-10(3-5-12)18(31)25-13(19(32)33)6-7-14(29)30;1-2-7-17-15(4-1)12-16-9-8-13-5-3-6-14-10-11-18(17)20(16)19(13)14/h5-7,16-17,19,23-27,31-32,46,50-53H,4,8-15H2,1-3H3,(H2,40,54)(H,41,57)(H,42,60)(H,43,55)(H,44,61)(H,45,58)(H,47,56)(H,48,59);2-5,8,13H,6-7,9H2,1H3,(H,25,31)(H,29,30)(H,32,33)(H4,21,22,23,26,27);1-12H/t16?,17?,19?,23-,24-,25-,26-,27-,31-,32-,64+;13-;/m00./s1. The Kier molecular flexibility index (Phi) is 26.8. The number of aromatic nitrogens is 5. The number of anilines is 3. The number of aliphatic hydroxyl groups excluding tert-OH is 3. The van der Waals surface area contributed by atoms with Crippen LogP contribution >= 0.6 is 0 Å². The summed E-state index contributed by atoms with van der Waals surface area (Å²) in [7, 11) is 1.82. The van der Waals surface area contributed by atoms with Gasteiger partial charge in [-0.15, -0.1) is 0 Å². The van der Waals surface area contributed by atoms with E-state index in [1.807, 2.05) is 11.9 Å². The van der Waals surface area contributed by atoms with Crippen LogP contribution in [0.25, 0.3) is 65.2 Å². The van der Waals surface area contributed by atoms with Gasteiger partial charge in [-0.2, -0.15) is 9.97 Å². The number of phenols is 1. The lowest BCUT2D eigenvalue weighted by molar-refractivity contribution is -0.144. The van der Waals surface area contributed by atoms with Crippen LogP contribution in [0.2, 0.25) is 0 Å². The predicted octanol–water partition coefficient (Wildman–Crippen LogP) is 0.0854. The first-order valence-electron chi connectivity index (χ1n) is 37.3. The SMILES string of the molecule is CCC(C)[C@@H]1NC(=O)CNC(=O)[C@@H]2Cc3c([nH]c4cc(O)ccc34)[S@+]([O-])C[C@H](NC(=O)CNC1=O)C(=O)N[C@@H](CC(N)=O)C(=O)N1CC(O)C[C@H]1C(=O)N[C@@H](C(C)[C@@H](O)CO)C(=O)N2.CN(Cc1cnc2nc(N)nc(N)c2n1)c1ccc(C(=O)N[C@@H](CCC(=O)O)C(=O)O)cc1.c1ccc2c(c1)cc1ccc3cccc4ccc2c1c34. The summed E-state index contributed by atoms with van der Waals surface area (Å²) in [5, 5.41) is 89.8. The number of H-pyrrole nitrogens is 1. The zero-order chi connectivity index (χ0) is 84.4. The fourth-order valence-corrected chi connectivity index (χ4v) is 15.6. The summed E-state index contributed by atoms with van der Waals surface area (Å²) in [6.07, 6.45) is -3.46. The lowest BCUT2D eigenvalue weighted by atomic mass is 9.91. The third-order valence-electron chi connectivity index (χ3n) is 20.6. The Morgan fingerprint density at radius 1 is 0.726 bits per heavy atom. The van der Waals surface area contributed by atoms with Crippen LogP contribution in [0.5, 0.6) is 5.75 Å². The van der Waals surface area contributed by atoms with Crippen LogP contribution in [0.3, 0.4) is 0 Å². The molecule has 0 saturated carbocycles. The van der Waals surface area contributed by atoms with E-state index in [0.29, 0.717) is 29.8 Å². The second-order valence-electron chi connectivity index (χ2n) is 28.8. The van der Waals surface area contributed by atoms with Gasteiger partial charge in [-0.3, -0.25) is 52.7 Å². The van der Waals surface area contributed by atoms with Gasteiger partial charge < -0.3 is 110 Å². The molecule has 0 radical (unpaired) electrons. The molecular weight excluding hydrogens is 1540 g/mol. The lowest BCUT2D eigenvalue weighted by Gasteiger charge is -2.32. The molecule has 0 spiro atoms. The molecule has 1 saturated heterocycles. The predicted molar refractivity (Wildman–Crippen MR) is 428 cm³/mol. The summed E-state index contributed by atoms with van der Waals surface area (Å²) in [5.74, 6) is -15.0. The van der Waals surface area contributed by atoms with E-state index in [2.05, 4.69) is 140 Å². The minimum atomic E-state index is -2.38. The van der Waals surface area contributed by atoms with Crippen molar-refractivity contribution in [3.8, 4) is 5.75 Å². The van der Waals surface area contributed by atoms with Crippen molar-refractivity contribution in [1.29, 1.82) is 0 Å². The number of aliphatic carboxylic acids is 2. The van der Waals surface area contributed by atoms with E-state index in [9.17, 15) is 87.6 Å². The molecule has 13 rings (SSSR count). The minimum absolute atomic E-state index is 0.0138.